The molecule has 0 radical (unpaired) electrons. The fourth-order valence-electron chi connectivity index (χ4n) is 3.44. The number of aryl methyl sites for hydroxylation is 1. The minimum Gasteiger partial charge on any atom is -0.345 e. The van der Waals surface area contributed by atoms with Crippen molar-refractivity contribution in [2.24, 2.45) is 5.41 Å². The molecule has 0 saturated carbocycles. The summed E-state index contributed by atoms with van der Waals surface area (Å²) < 4.78 is 2.34. The molecule has 104 valence electrons. The maximum absolute atomic E-state index is 12.8. The Morgan fingerprint density at radius 3 is 2.89 bits per heavy atom. The summed E-state index contributed by atoms with van der Waals surface area (Å²) in [5.41, 5.74) is 2.35. The zero-order valence-electron chi connectivity index (χ0n) is 12.1. The fraction of sp³-hybridized carbons (Fsp3) is 0.667. The highest BCUT2D eigenvalue weighted by molar-refractivity contribution is 5.83. The molecule has 0 spiro atoms. The van der Waals surface area contributed by atoms with Gasteiger partial charge in [0.2, 0.25) is 5.91 Å². The molecule has 19 heavy (non-hydrogen) atoms. The molecule has 1 saturated heterocycles. The van der Waals surface area contributed by atoms with E-state index in [2.05, 4.69) is 47.7 Å². The summed E-state index contributed by atoms with van der Waals surface area (Å²) in [5.74, 6) is 0.315. The number of nitrogens with one attached hydrogen (secondary N) is 1. The van der Waals surface area contributed by atoms with Crippen molar-refractivity contribution in [3.63, 3.8) is 0 Å². The van der Waals surface area contributed by atoms with Crippen LogP contribution in [0.5, 0.6) is 0 Å². The van der Waals surface area contributed by atoms with Gasteiger partial charge in [-0.2, -0.15) is 0 Å². The van der Waals surface area contributed by atoms with Crippen LogP contribution in [0, 0.1) is 12.3 Å². The number of amides is 1. The third kappa shape index (κ3) is 1.89. The Labute approximate surface area is 114 Å². The van der Waals surface area contributed by atoms with Crippen molar-refractivity contribution in [2.45, 2.75) is 39.8 Å². The quantitative estimate of drug-likeness (QED) is 0.835. The average Bonchev–Trinajstić information content (AvgIpc) is 2.98. The van der Waals surface area contributed by atoms with Crippen molar-refractivity contribution in [1.29, 1.82) is 0 Å². The number of aromatic nitrogens is 1. The second kappa shape index (κ2) is 4.37. The number of nitrogens with zero attached hydrogens (tertiary/aromatic N) is 2. The summed E-state index contributed by atoms with van der Waals surface area (Å²) in [5, 5.41) is 3.32. The van der Waals surface area contributed by atoms with Crippen LogP contribution in [0.2, 0.25) is 0 Å². The Balaban J connectivity index is 1.86. The Morgan fingerprint density at radius 2 is 2.21 bits per heavy atom. The van der Waals surface area contributed by atoms with Gasteiger partial charge in [-0.25, -0.2) is 0 Å². The van der Waals surface area contributed by atoms with E-state index in [1.54, 1.807) is 0 Å². The molecule has 1 amide bonds. The van der Waals surface area contributed by atoms with Crippen LogP contribution >= 0.6 is 0 Å². The van der Waals surface area contributed by atoms with Crippen molar-refractivity contribution >= 4 is 5.91 Å². The molecule has 3 rings (SSSR count). The molecule has 2 aliphatic rings. The van der Waals surface area contributed by atoms with E-state index in [0.717, 1.165) is 32.6 Å². The Kier molecular flexibility index (Phi) is 2.93. The largest absolute Gasteiger partial charge is 0.345 e. The molecular formula is C15H23N3O. The average molecular weight is 261 g/mol. The monoisotopic (exact) mass is 261 g/mol. The van der Waals surface area contributed by atoms with Gasteiger partial charge in [0, 0.05) is 31.0 Å². The Morgan fingerprint density at radius 1 is 1.42 bits per heavy atom. The topological polar surface area (TPSA) is 37.3 Å². The second-order valence-corrected chi connectivity index (χ2v) is 6.21. The van der Waals surface area contributed by atoms with Crippen LogP contribution < -0.4 is 5.32 Å². The van der Waals surface area contributed by atoms with Crippen LogP contribution in [-0.4, -0.2) is 35.0 Å². The number of carbonyl (C=O) groups excluding carboxylic acids is 1. The lowest BCUT2D eigenvalue weighted by Crippen LogP contribution is -2.48. The SMILES string of the molecule is Cc1ccc2n1CCN(C(=O)C1(C)CCNC1)C2C. The summed E-state index contributed by atoms with van der Waals surface area (Å²) >= 11 is 0. The smallest absolute Gasteiger partial charge is 0.230 e. The van der Waals surface area contributed by atoms with Gasteiger partial charge in [0.05, 0.1) is 11.5 Å². The third-order valence-electron chi connectivity index (χ3n) is 4.84. The third-order valence-corrected chi connectivity index (χ3v) is 4.84. The summed E-state index contributed by atoms with van der Waals surface area (Å²) in [6, 6.07) is 4.50. The van der Waals surface area contributed by atoms with E-state index in [9.17, 15) is 4.79 Å². The van der Waals surface area contributed by atoms with Crippen molar-refractivity contribution in [2.75, 3.05) is 19.6 Å². The molecule has 3 heterocycles. The molecule has 2 unspecified atom stereocenters. The predicted molar refractivity (Wildman–Crippen MR) is 74.9 cm³/mol. The van der Waals surface area contributed by atoms with Crippen molar-refractivity contribution < 1.29 is 4.79 Å². The number of hydrogen-bond donors (Lipinski definition) is 1. The minimum atomic E-state index is -0.210. The molecule has 4 heteroatoms. The summed E-state index contributed by atoms with van der Waals surface area (Å²) in [6.45, 7) is 9.91. The molecule has 1 aromatic rings. The van der Waals surface area contributed by atoms with Crippen LogP contribution in [0.15, 0.2) is 12.1 Å². The van der Waals surface area contributed by atoms with Gasteiger partial charge < -0.3 is 14.8 Å². The van der Waals surface area contributed by atoms with Gasteiger partial charge in [0.15, 0.2) is 0 Å². The lowest BCUT2D eigenvalue weighted by Gasteiger charge is -2.39. The van der Waals surface area contributed by atoms with Gasteiger partial charge in [0.25, 0.3) is 0 Å². The van der Waals surface area contributed by atoms with Crippen LogP contribution in [-0.2, 0) is 11.3 Å². The predicted octanol–water partition coefficient (Wildman–Crippen LogP) is 1.70. The number of hydrogen-bond acceptors (Lipinski definition) is 2. The molecule has 0 aliphatic carbocycles. The summed E-state index contributed by atoms with van der Waals surface area (Å²) in [6.07, 6.45) is 0.953. The maximum Gasteiger partial charge on any atom is 0.230 e. The normalized spacial score (nSPS) is 30.5. The molecule has 2 aliphatic heterocycles. The highest BCUT2D eigenvalue weighted by Crippen LogP contribution is 2.34. The van der Waals surface area contributed by atoms with Crippen LogP contribution in [0.1, 0.15) is 37.7 Å². The van der Waals surface area contributed by atoms with Gasteiger partial charge in [-0.1, -0.05) is 0 Å². The van der Waals surface area contributed by atoms with Crippen LogP contribution in [0.4, 0.5) is 0 Å². The van der Waals surface area contributed by atoms with E-state index < -0.39 is 0 Å². The standard InChI is InChI=1S/C15H23N3O/c1-11-4-5-13-12(2)18(9-8-17(11)13)14(19)15(3)6-7-16-10-15/h4-5,12,16H,6-10H2,1-3H3. The second-order valence-electron chi connectivity index (χ2n) is 6.21. The lowest BCUT2D eigenvalue weighted by molar-refractivity contribution is -0.143. The number of fused-ring (bicyclic) bond motifs is 1. The van der Waals surface area contributed by atoms with Crippen molar-refractivity contribution in [3.05, 3.63) is 23.5 Å². The van der Waals surface area contributed by atoms with Crippen LogP contribution in [0.3, 0.4) is 0 Å². The van der Waals surface area contributed by atoms with Crippen molar-refractivity contribution in [1.82, 2.24) is 14.8 Å². The molecule has 1 aromatic heterocycles. The first kappa shape index (κ1) is 12.7. The molecule has 2 atom stereocenters. The van der Waals surface area contributed by atoms with E-state index in [0.29, 0.717) is 5.91 Å². The van der Waals surface area contributed by atoms with Gasteiger partial charge in [0.1, 0.15) is 0 Å². The van der Waals surface area contributed by atoms with Gasteiger partial charge in [-0.3, -0.25) is 4.79 Å². The number of carbonyl (C=O) groups is 1. The maximum atomic E-state index is 12.8. The molecular weight excluding hydrogens is 238 g/mol. The lowest BCUT2D eigenvalue weighted by atomic mass is 9.87. The van der Waals surface area contributed by atoms with Crippen LogP contribution in [0.25, 0.3) is 0 Å². The van der Waals surface area contributed by atoms with E-state index in [1.165, 1.54) is 11.4 Å². The van der Waals surface area contributed by atoms with Gasteiger partial charge >= 0.3 is 0 Å². The first-order valence-corrected chi connectivity index (χ1v) is 7.21. The summed E-state index contributed by atoms with van der Waals surface area (Å²) in [4.78, 5) is 14.9. The van der Waals surface area contributed by atoms with E-state index >= 15 is 0 Å². The number of rotatable bonds is 1. The molecule has 1 N–H and O–H groups in total. The molecule has 1 fully saturated rings. The van der Waals surface area contributed by atoms with E-state index in [4.69, 9.17) is 0 Å². The van der Waals surface area contributed by atoms with E-state index in [1.807, 2.05) is 0 Å². The minimum absolute atomic E-state index is 0.187. The zero-order chi connectivity index (χ0) is 13.6. The van der Waals surface area contributed by atoms with E-state index in [-0.39, 0.29) is 11.5 Å². The Bertz CT molecular complexity index is 499. The highest BCUT2D eigenvalue weighted by atomic mass is 16.2. The molecule has 4 nitrogen and oxygen atoms in total. The first-order valence-electron chi connectivity index (χ1n) is 7.21. The van der Waals surface area contributed by atoms with Gasteiger partial charge in [-0.05, 0) is 45.9 Å². The molecule has 0 bridgehead atoms. The summed E-state index contributed by atoms with van der Waals surface area (Å²) in [7, 11) is 0. The van der Waals surface area contributed by atoms with Gasteiger partial charge in [-0.15, -0.1) is 0 Å². The zero-order valence-corrected chi connectivity index (χ0v) is 12.1. The molecule has 0 aromatic carbocycles. The first-order chi connectivity index (χ1) is 9.03. The Hall–Kier alpha value is -1.29. The highest BCUT2D eigenvalue weighted by Gasteiger charge is 2.42. The fourth-order valence-corrected chi connectivity index (χ4v) is 3.44. The van der Waals surface area contributed by atoms with Crippen molar-refractivity contribution in [3.8, 4) is 0 Å².